The minimum Gasteiger partial charge on any atom is -0.324 e. The van der Waals surface area contributed by atoms with E-state index in [1.807, 2.05) is 24.3 Å². The molecule has 1 aromatic carbocycles. The molecule has 0 spiro atoms. The Labute approximate surface area is 97.0 Å². The predicted octanol–water partition coefficient (Wildman–Crippen LogP) is 2.68. The smallest absolute Gasteiger partial charge is 0.0406 e. The molecule has 0 aliphatic heterocycles. The van der Waals surface area contributed by atoms with E-state index >= 15 is 0 Å². The molecule has 0 saturated heterocycles. The van der Waals surface area contributed by atoms with E-state index in [-0.39, 0.29) is 6.04 Å². The SMILES string of the molecule is CN(C)CCCC(N)c1ccc(Cl)cc1. The zero-order valence-electron chi connectivity index (χ0n) is 9.41. The van der Waals surface area contributed by atoms with Crippen LogP contribution in [-0.2, 0) is 0 Å². The average molecular weight is 227 g/mol. The molecule has 0 fully saturated rings. The van der Waals surface area contributed by atoms with Gasteiger partial charge in [0.2, 0.25) is 0 Å². The van der Waals surface area contributed by atoms with E-state index in [1.165, 1.54) is 0 Å². The highest BCUT2D eigenvalue weighted by Gasteiger charge is 2.05. The van der Waals surface area contributed by atoms with Gasteiger partial charge in [-0.05, 0) is 51.2 Å². The van der Waals surface area contributed by atoms with Gasteiger partial charge in [-0.1, -0.05) is 23.7 Å². The van der Waals surface area contributed by atoms with Crippen LogP contribution in [0.3, 0.4) is 0 Å². The zero-order chi connectivity index (χ0) is 11.3. The maximum absolute atomic E-state index is 6.07. The Balaban J connectivity index is 2.40. The van der Waals surface area contributed by atoms with Crippen molar-refractivity contribution >= 4 is 11.6 Å². The molecule has 15 heavy (non-hydrogen) atoms. The lowest BCUT2D eigenvalue weighted by Crippen LogP contribution is -2.16. The van der Waals surface area contributed by atoms with Gasteiger partial charge in [-0.25, -0.2) is 0 Å². The van der Waals surface area contributed by atoms with Gasteiger partial charge in [0.25, 0.3) is 0 Å². The van der Waals surface area contributed by atoms with E-state index in [2.05, 4.69) is 19.0 Å². The van der Waals surface area contributed by atoms with Crippen LogP contribution in [0.4, 0.5) is 0 Å². The average Bonchev–Trinajstić information content (AvgIpc) is 2.18. The Kier molecular flexibility index (Phi) is 5.09. The number of nitrogens with two attached hydrogens (primary N) is 1. The molecule has 0 amide bonds. The lowest BCUT2D eigenvalue weighted by Gasteiger charge is -2.14. The summed E-state index contributed by atoms with van der Waals surface area (Å²) in [6.45, 7) is 1.08. The molecule has 0 bridgehead atoms. The quantitative estimate of drug-likeness (QED) is 0.837. The van der Waals surface area contributed by atoms with Crippen LogP contribution in [0.5, 0.6) is 0 Å². The molecule has 3 heteroatoms. The Bertz CT molecular complexity index is 282. The molecule has 2 nitrogen and oxygen atoms in total. The molecule has 1 unspecified atom stereocenters. The zero-order valence-corrected chi connectivity index (χ0v) is 10.2. The third-order valence-electron chi connectivity index (χ3n) is 2.42. The van der Waals surface area contributed by atoms with Crippen molar-refractivity contribution in [1.29, 1.82) is 0 Å². The number of hydrogen-bond acceptors (Lipinski definition) is 2. The van der Waals surface area contributed by atoms with Crippen LogP contribution in [0, 0.1) is 0 Å². The van der Waals surface area contributed by atoms with Crippen molar-refractivity contribution in [2.24, 2.45) is 5.73 Å². The van der Waals surface area contributed by atoms with Crippen LogP contribution in [0.15, 0.2) is 24.3 Å². The maximum atomic E-state index is 6.07. The summed E-state index contributed by atoms with van der Waals surface area (Å²) < 4.78 is 0. The molecule has 0 radical (unpaired) electrons. The first-order valence-electron chi connectivity index (χ1n) is 5.25. The van der Waals surface area contributed by atoms with Crippen molar-refractivity contribution in [2.75, 3.05) is 20.6 Å². The molecule has 0 aliphatic carbocycles. The molecule has 1 aromatic rings. The molecule has 0 heterocycles. The highest BCUT2D eigenvalue weighted by atomic mass is 35.5. The van der Waals surface area contributed by atoms with Gasteiger partial charge in [-0.3, -0.25) is 0 Å². The first kappa shape index (κ1) is 12.5. The number of nitrogens with zero attached hydrogens (tertiary/aromatic N) is 1. The van der Waals surface area contributed by atoms with E-state index in [9.17, 15) is 0 Å². The third-order valence-corrected chi connectivity index (χ3v) is 2.67. The van der Waals surface area contributed by atoms with Crippen LogP contribution < -0.4 is 5.73 Å². The fourth-order valence-electron chi connectivity index (χ4n) is 1.50. The second kappa shape index (κ2) is 6.11. The van der Waals surface area contributed by atoms with E-state index in [4.69, 9.17) is 17.3 Å². The normalized spacial score (nSPS) is 13.1. The summed E-state index contributed by atoms with van der Waals surface area (Å²) in [6.07, 6.45) is 2.14. The van der Waals surface area contributed by atoms with Gasteiger partial charge in [0.05, 0.1) is 0 Å². The molecule has 84 valence electrons. The highest BCUT2D eigenvalue weighted by Crippen LogP contribution is 2.18. The second-order valence-corrected chi connectivity index (χ2v) is 4.54. The van der Waals surface area contributed by atoms with E-state index in [0.29, 0.717) is 0 Å². The monoisotopic (exact) mass is 226 g/mol. The van der Waals surface area contributed by atoms with Crippen molar-refractivity contribution < 1.29 is 0 Å². The minimum absolute atomic E-state index is 0.127. The molecule has 0 aromatic heterocycles. The van der Waals surface area contributed by atoms with Crippen molar-refractivity contribution in [3.05, 3.63) is 34.9 Å². The van der Waals surface area contributed by atoms with Crippen molar-refractivity contribution in [3.8, 4) is 0 Å². The van der Waals surface area contributed by atoms with Crippen LogP contribution in [0.1, 0.15) is 24.4 Å². The van der Waals surface area contributed by atoms with Crippen molar-refractivity contribution in [3.63, 3.8) is 0 Å². The second-order valence-electron chi connectivity index (χ2n) is 4.10. The van der Waals surface area contributed by atoms with Gasteiger partial charge in [0.15, 0.2) is 0 Å². The van der Waals surface area contributed by atoms with Crippen LogP contribution in [0.2, 0.25) is 5.02 Å². The molecule has 1 rings (SSSR count). The van der Waals surface area contributed by atoms with Gasteiger partial charge < -0.3 is 10.6 Å². The molecule has 2 N–H and O–H groups in total. The summed E-state index contributed by atoms with van der Waals surface area (Å²) in [6, 6.07) is 7.92. The molecular formula is C12H19ClN2. The maximum Gasteiger partial charge on any atom is 0.0406 e. The van der Waals surface area contributed by atoms with Crippen molar-refractivity contribution in [2.45, 2.75) is 18.9 Å². The molecule has 0 saturated carbocycles. The Morgan fingerprint density at radius 1 is 1.27 bits per heavy atom. The molecule has 1 atom stereocenters. The summed E-state index contributed by atoms with van der Waals surface area (Å²) in [4.78, 5) is 2.18. The van der Waals surface area contributed by atoms with Gasteiger partial charge in [0.1, 0.15) is 0 Å². The fraction of sp³-hybridized carbons (Fsp3) is 0.500. The van der Waals surface area contributed by atoms with Gasteiger partial charge in [-0.15, -0.1) is 0 Å². The Hall–Kier alpha value is -0.570. The van der Waals surface area contributed by atoms with Gasteiger partial charge in [-0.2, -0.15) is 0 Å². The fourth-order valence-corrected chi connectivity index (χ4v) is 1.63. The Morgan fingerprint density at radius 2 is 1.87 bits per heavy atom. The summed E-state index contributed by atoms with van der Waals surface area (Å²) in [5.74, 6) is 0. The topological polar surface area (TPSA) is 29.3 Å². The largest absolute Gasteiger partial charge is 0.324 e. The number of benzene rings is 1. The van der Waals surface area contributed by atoms with Gasteiger partial charge in [0, 0.05) is 11.1 Å². The summed E-state index contributed by atoms with van der Waals surface area (Å²) in [7, 11) is 4.15. The van der Waals surface area contributed by atoms with Crippen LogP contribution >= 0.6 is 11.6 Å². The first-order valence-corrected chi connectivity index (χ1v) is 5.63. The molecule has 0 aliphatic rings. The van der Waals surface area contributed by atoms with Gasteiger partial charge >= 0.3 is 0 Å². The van der Waals surface area contributed by atoms with Crippen molar-refractivity contribution in [1.82, 2.24) is 4.90 Å². The van der Waals surface area contributed by atoms with E-state index in [1.54, 1.807) is 0 Å². The van der Waals surface area contributed by atoms with E-state index in [0.717, 1.165) is 30.0 Å². The number of hydrogen-bond donors (Lipinski definition) is 1. The minimum atomic E-state index is 0.127. The van der Waals surface area contributed by atoms with Crippen LogP contribution in [0.25, 0.3) is 0 Å². The third kappa shape index (κ3) is 4.65. The van der Waals surface area contributed by atoms with E-state index < -0.39 is 0 Å². The summed E-state index contributed by atoms with van der Waals surface area (Å²) in [5.41, 5.74) is 7.23. The highest BCUT2D eigenvalue weighted by molar-refractivity contribution is 6.30. The molecular weight excluding hydrogens is 208 g/mol. The number of rotatable bonds is 5. The lowest BCUT2D eigenvalue weighted by molar-refractivity contribution is 0.386. The summed E-state index contributed by atoms with van der Waals surface area (Å²) >= 11 is 5.81. The summed E-state index contributed by atoms with van der Waals surface area (Å²) in [5, 5.41) is 0.763. The first-order chi connectivity index (χ1) is 7.09. The Morgan fingerprint density at radius 3 is 2.40 bits per heavy atom. The van der Waals surface area contributed by atoms with Crippen LogP contribution in [-0.4, -0.2) is 25.5 Å². The predicted molar refractivity (Wildman–Crippen MR) is 66.2 cm³/mol. The number of halogens is 1. The lowest BCUT2D eigenvalue weighted by atomic mass is 10.0. The standard InChI is InChI=1S/C12H19ClN2/c1-15(2)9-3-4-12(14)10-5-7-11(13)8-6-10/h5-8,12H,3-4,9,14H2,1-2H3.